The van der Waals surface area contributed by atoms with Crippen LogP contribution in [-0.4, -0.2) is 11.4 Å². The fourth-order valence-corrected chi connectivity index (χ4v) is 2.70. The zero-order valence-corrected chi connectivity index (χ0v) is 11.4. The minimum Gasteiger partial charge on any atom is -0.388 e. The van der Waals surface area contributed by atoms with Gasteiger partial charge in [0.2, 0.25) is 0 Å². The first kappa shape index (κ1) is 13.2. The van der Waals surface area contributed by atoms with Gasteiger partial charge in [0.1, 0.15) is 0 Å². The van der Waals surface area contributed by atoms with Crippen LogP contribution >= 0.6 is 11.8 Å². The summed E-state index contributed by atoms with van der Waals surface area (Å²) in [6.07, 6.45) is 3.34. The Balaban J connectivity index is 2.01. The van der Waals surface area contributed by atoms with Crippen LogP contribution in [0.15, 0.2) is 59.5 Å². The zero-order valence-electron chi connectivity index (χ0n) is 10.5. The number of thioether (sulfide) groups is 1. The lowest BCUT2D eigenvalue weighted by atomic mass is 10.0. The van der Waals surface area contributed by atoms with Crippen molar-refractivity contribution in [3.05, 3.63) is 65.7 Å². The average Bonchev–Trinajstić information content (AvgIpc) is 2.45. The van der Waals surface area contributed by atoms with Crippen molar-refractivity contribution >= 4 is 11.8 Å². The maximum atomic E-state index is 10.3. The highest BCUT2D eigenvalue weighted by molar-refractivity contribution is 7.98. The smallest absolute Gasteiger partial charge is 0.0804 e. The van der Waals surface area contributed by atoms with E-state index in [1.807, 2.05) is 42.7 Å². The van der Waals surface area contributed by atoms with Gasteiger partial charge in [0.05, 0.1) is 6.10 Å². The number of hydrogen-bond donors (Lipinski definition) is 1. The second-order valence-corrected chi connectivity index (χ2v) is 5.13. The maximum absolute atomic E-state index is 10.3. The van der Waals surface area contributed by atoms with E-state index in [1.165, 1.54) is 5.56 Å². The maximum Gasteiger partial charge on any atom is 0.0804 e. The molecule has 1 nitrogen and oxygen atoms in total. The molecule has 0 saturated heterocycles. The number of aryl methyl sites for hydroxylation is 1. The van der Waals surface area contributed by atoms with Gasteiger partial charge in [0, 0.05) is 4.90 Å². The topological polar surface area (TPSA) is 20.2 Å². The molecule has 94 valence electrons. The molecule has 0 radical (unpaired) electrons. The third-order valence-corrected chi connectivity index (χ3v) is 3.86. The van der Waals surface area contributed by atoms with Crippen LogP contribution in [0.5, 0.6) is 0 Å². The normalized spacial score (nSPS) is 12.3. The standard InChI is InChI=1S/C16H18OS/c1-18-16-10-6-5-9-14(16)15(17)12-11-13-7-3-2-4-8-13/h2-10,15,17H,11-12H2,1H3. The molecule has 1 unspecified atom stereocenters. The van der Waals surface area contributed by atoms with Crippen LogP contribution in [0.3, 0.4) is 0 Å². The van der Waals surface area contributed by atoms with E-state index in [2.05, 4.69) is 18.2 Å². The fourth-order valence-electron chi connectivity index (χ4n) is 2.05. The molecule has 1 atom stereocenters. The van der Waals surface area contributed by atoms with Crippen LogP contribution < -0.4 is 0 Å². The third kappa shape index (κ3) is 3.37. The molecule has 18 heavy (non-hydrogen) atoms. The van der Waals surface area contributed by atoms with Crippen LogP contribution in [0.2, 0.25) is 0 Å². The van der Waals surface area contributed by atoms with Crippen molar-refractivity contribution in [1.82, 2.24) is 0 Å². The molecular formula is C16H18OS. The summed E-state index contributed by atoms with van der Waals surface area (Å²) in [4.78, 5) is 1.16. The molecule has 2 aromatic rings. The quantitative estimate of drug-likeness (QED) is 0.816. The molecular weight excluding hydrogens is 240 g/mol. The van der Waals surface area contributed by atoms with Gasteiger partial charge in [-0.1, -0.05) is 48.5 Å². The monoisotopic (exact) mass is 258 g/mol. The molecule has 0 fully saturated rings. The van der Waals surface area contributed by atoms with Gasteiger partial charge in [0.15, 0.2) is 0 Å². The first-order chi connectivity index (χ1) is 8.81. The van der Waals surface area contributed by atoms with Crippen molar-refractivity contribution in [2.75, 3.05) is 6.26 Å². The lowest BCUT2D eigenvalue weighted by Gasteiger charge is -2.14. The summed E-state index contributed by atoms with van der Waals surface area (Å²) in [7, 11) is 0. The number of aliphatic hydroxyl groups is 1. The molecule has 2 heteroatoms. The summed E-state index contributed by atoms with van der Waals surface area (Å²) in [6.45, 7) is 0. The number of benzene rings is 2. The SMILES string of the molecule is CSc1ccccc1C(O)CCc1ccccc1. The minimum atomic E-state index is -0.381. The van der Waals surface area contributed by atoms with Crippen LogP contribution in [0.25, 0.3) is 0 Å². The Morgan fingerprint density at radius 3 is 2.39 bits per heavy atom. The summed E-state index contributed by atoms with van der Waals surface area (Å²) in [6, 6.07) is 18.4. The summed E-state index contributed by atoms with van der Waals surface area (Å²) in [5.74, 6) is 0. The van der Waals surface area contributed by atoms with E-state index >= 15 is 0 Å². The van der Waals surface area contributed by atoms with Gasteiger partial charge in [-0.2, -0.15) is 0 Å². The predicted molar refractivity (Wildman–Crippen MR) is 77.9 cm³/mol. The third-order valence-electron chi connectivity index (χ3n) is 3.05. The van der Waals surface area contributed by atoms with Crippen molar-refractivity contribution < 1.29 is 5.11 Å². The molecule has 2 rings (SSSR count). The highest BCUT2D eigenvalue weighted by atomic mass is 32.2. The molecule has 2 aromatic carbocycles. The predicted octanol–water partition coefficient (Wildman–Crippen LogP) is 4.07. The van der Waals surface area contributed by atoms with Crippen LogP contribution in [0.4, 0.5) is 0 Å². The van der Waals surface area contributed by atoms with Crippen LogP contribution in [-0.2, 0) is 6.42 Å². The van der Waals surface area contributed by atoms with Gasteiger partial charge in [-0.25, -0.2) is 0 Å². The lowest BCUT2D eigenvalue weighted by Crippen LogP contribution is -2.01. The Labute approximate surface area is 113 Å². The second kappa shape index (κ2) is 6.62. The van der Waals surface area contributed by atoms with E-state index < -0.39 is 0 Å². The van der Waals surface area contributed by atoms with E-state index in [4.69, 9.17) is 0 Å². The zero-order chi connectivity index (χ0) is 12.8. The largest absolute Gasteiger partial charge is 0.388 e. The van der Waals surface area contributed by atoms with Crippen LogP contribution in [0.1, 0.15) is 23.7 Å². The van der Waals surface area contributed by atoms with Crippen molar-refractivity contribution in [3.63, 3.8) is 0 Å². The molecule has 0 aromatic heterocycles. The highest BCUT2D eigenvalue weighted by Crippen LogP contribution is 2.28. The van der Waals surface area contributed by atoms with Crippen molar-refractivity contribution in [2.45, 2.75) is 23.8 Å². The van der Waals surface area contributed by atoms with E-state index in [0.29, 0.717) is 0 Å². The number of rotatable bonds is 5. The summed E-state index contributed by atoms with van der Waals surface area (Å²) < 4.78 is 0. The summed E-state index contributed by atoms with van der Waals surface area (Å²) in [5, 5.41) is 10.3. The number of aliphatic hydroxyl groups excluding tert-OH is 1. The van der Waals surface area contributed by atoms with E-state index in [9.17, 15) is 5.11 Å². The Bertz CT molecular complexity index is 481. The summed E-state index contributed by atoms with van der Waals surface area (Å²) >= 11 is 1.69. The molecule has 0 amide bonds. The van der Waals surface area contributed by atoms with Gasteiger partial charge in [-0.3, -0.25) is 0 Å². The van der Waals surface area contributed by atoms with Gasteiger partial charge < -0.3 is 5.11 Å². The van der Waals surface area contributed by atoms with Crippen molar-refractivity contribution in [1.29, 1.82) is 0 Å². The first-order valence-electron chi connectivity index (χ1n) is 6.16. The first-order valence-corrected chi connectivity index (χ1v) is 7.38. The fraction of sp³-hybridized carbons (Fsp3) is 0.250. The Hall–Kier alpha value is -1.25. The second-order valence-electron chi connectivity index (χ2n) is 4.28. The van der Waals surface area contributed by atoms with E-state index in [1.54, 1.807) is 11.8 Å². The molecule has 0 spiro atoms. The summed E-state index contributed by atoms with van der Waals surface area (Å²) in [5.41, 5.74) is 2.32. The molecule has 0 aliphatic heterocycles. The molecule has 1 N–H and O–H groups in total. The molecule has 0 aliphatic rings. The Kier molecular flexibility index (Phi) is 4.85. The van der Waals surface area contributed by atoms with Crippen LogP contribution in [0, 0.1) is 0 Å². The van der Waals surface area contributed by atoms with Crippen molar-refractivity contribution in [3.8, 4) is 0 Å². The minimum absolute atomic E-state index is 0.381. The Morgan fingerprint density at radius 2 is 1.67 bits per heavy atom. The van der Waals surface area contributed by atoms with Gasteiger partial charge in [-0.05, 0) is 36.3 Å². The van der Waals surface area contributed by atoms with Gasteiger partial charge in [0.25, 0.3) is 0 Å². The molecule has 0 bridgehead atoms. The van der Waals surface area contributed by atoms with E-state index in [-0.39, 0.29) is 6.10 Å². The van der Waals surface area contributed by atoms with Gasteiger partial charge in [-0.15, -0.1) is 11.8 Å². The highest BCUT2D eigenvalue weighted by Gasteiger charge is 2.11. The number of hydrogen-bond acceptors (Lipinski definition) is 2. The van der Waals surface area contributed by atoms with Gasteiger partial charge >= 0.3 is 0 Å². The molecule has 0 heterocycles. The molecule has 0 aliphatic carbocycles. The lowest BCUT2D eigenvalue weighted by molar-refractivity contribution is 0.165. The van der Waals surface area contributed by atoms with Crippen molar-refractivity contribution in [2.24, 2.45) is 0 Å². The van der Waals surface area contributed by atoms with E-state index in [0.717, 1.165) is 23.3 Å². The average molecular weight is 258 g/mol. The Morgan fingerprint density at radius 1 is 1.00 bits per heavy atom. The molecule has 0 saturated carbocycles.